The summed E-state index contributed by atoms with van der Waals surface area (Å²) >= 11 is 0. The number of rotatable bonds is 5. The Morgan fingerprint density at radius 2 is 1.57 bits per heavy atom. The first-order chi connectivity index (χ1) is 13.3. The number of nitrogens with zero attached hydrogens (tertiary/aromatic N) is 1. The lowest BCUT2D eigenvalue weighted by atomic mass is 9.89. The highest BCUT2D eigenvalue weighted by atomic mass is 19.4. The molecule has 1 saturated heterocycles. The lowest BCUT2D eigenvalue weighted by molar-refractivity contribution is -0.137. The number of ketones is 1. The van der Waals surface area contributed by atoms with Gasteiger partial charge in [-0.1, -0.05) is 42.5 Å². The number of hydrogen-bond donors (Lipinski definition) is 1. The summed E-state index contributed by atoms with van der Waals surface area (Å²) in [5.41, 5.74) is -0.424. The number of carbonyl (C=O) groups is 2. The Morgan fingerprint density at radius 1 is 0.964 bits per heavy atom. The SMILES string of the molecule is O=C(CN1CCC(C(=O)c2ccccc2)CC1)Nc1ccccc1C(F)(F)F. The van der Waals surface area contributed by atoms with Gasteiger partial charge in [0.15, 0.2) is 5.78 Å². The zero-order valence-corrected chi connectivity index (χ0v) is 15.2. The molecule has 0 bridgehead atoms. The second kappa shape index (κ2) is 8.56. The first kappa shape index (κ1) is 20.1. The van der Waals surface area contributed by atoms with Crippen molar-refractivity contribution in [2.75, 3.05) is 25.0 Å². The molecule has 1 N–H and O–H groups in total. The molecule has 3 rings (SSSR count). The molecule has 0 radical (unpaired) electrons. The molecule has 1 amide bonds. The van der Waals surface area contributed by atoms with Crippen LogP contribution in [0.3, 0.4) is 0 Å². The molecule has 0 spiro atoms. The summed E-state index contributed by atoms with van der Waals surface area (Å²) in [6.07, 6.45) is -3.28. The van der Waals surface area contributed by atoms with Crippen molar-refractivity contribution in [1.29, 1.82) is 0 Å². The van der Waals surface area contributed by atoms with Crippen molar-refractivity contribution in [2.24, 2.45) is 5.92 Å². The Labute approximate surface area is 161 Å². The average Bonchev–Trinajstić information content (AvgIpc) is 2.68. The topological polar surface area (TPSA) is 49.4 Å². The molecule has 148 valence electrons. The van der Waals surface area contributed by atoms with Crippen LogP contribution in [0.1, 0.15) is 28.8 Å². The zero-order valence-electron chi connectivity index (χ0n) is 15.2. The molecule has 0 unspecified atom stereocenters. The number of carbonyl (C=O) groups excluding carboxylic acids is 2. The van der Waals surface area contributed by atoms with Crippen LogP contribution in [0.15, 0.2) is 54.6 Å². The largest absolute Gasteiger partial charge is 0.418 e. The highest BCUT2D eigenvalue weighted by Gasteiger charge is 2.34. The summed E-state index contributed by atoms with van der Waals surface area (Å²) in [5, 5.41) is 2.36. The standard InChI is InChI=1S/C21H21F3N2O2/c22-21(23,24)17-8-4-5-9-18(17)25-19(27)14-26-12-10-16(11-13-26)20(28)15-6-2-1-3-7-15/h1-9,16H,10-14H2,(H,25,27). The summed E-state index contributed by atoms with van der Waals surface area (Å²) in [6, 6.07) is 14.0. The van der Waals surface area contributed by atoms with Gasteiger partial charge in [-0.15, -0.1) is 0 Å². The van der Waals surface area contributed by atoms with Gasteiger partial charge in [-0.3, -0.25) is 14.5 Å². The number of benzene rings is 2. The van der Waals surface area contributed by atoms with Crippen LogP contribution in [0.25, 0.3) is 0 Å². The highest BCUT2D eigenvalue weighted by Crippen LogP contribution is 2.34. The monoisotopic (exact) mass is 390 g/mol. The number of para-hydroxylation sites is 1. The summed E-state index contributed by atoms with van der Waals surface area (Å²) < 4.78 is 39.1. The van der Waals surface area contributed by atoms with Gasteiger partial charge < -0.3 is 5.32 Å². The van der Waals surface area contributed by atoms with Crippen molar-refractivity contribution in [2.45, 2.75) is 19.0 Å². The molecular weight excluding hydrogens is 369 g/mol. The Morgan fingerprint density at radius 3 is 2.21 bits per heavy atom. The Hall–Kier alpha value is -2.67. The summed E-state index contributed by atoms with van der Waals surface area (Å²) in [7, 11) is 0. The number of anilines is 1. The fraction of sp³-hybridized carbons (Fsp3) is 0.333. The molecule has 0 aliphatic carbocycles. The molecule has 0 aromatic heterocycles. The van der Waals surface area contributed by atoms with E-state index in [-0.39, 0.29) is 23.9 Å². The third-order valence-corrected chi connectivity index (χ3v) is 4.89. The van der Waals surface area contributed by atoms with Crippen LogP contribution in [0.5, 0.6) is 0 Å². The van der Waals surface area contributed by atoms with E-state index in [1.54, 1.807) is 12.1 Å². The lowest BCUT2D eigenvalue weighted by Gasteiger charge is -2.30. The van der Waals surface area contributed by atoms with Crippen LogP contribution in [0.4, 0.5) is 18.9 Å². The van der Waals surface area contributed by atoms with E-state index in [1.807, 2.05) is 23.1 Å². The minimum Gasteiger partial charge on any atom is -0.324 e. The molecule has 7 heteroatoms. The third-order valence-electron chi connectivity index (χ3n) is 4.89. The van der Waals surface area contributed by atoms with Crippen molar-refractivity contribution < 1.29 is 22.8 Å². The summed E-state index contributed by atoms with van der Waals surface area (Å²) in [4.78, 5) is 26.6. The molecule has 1 heterocycles. The fourth-order valence-electron chi connectivity index (χ4n) is 3.42. The Balaban J connectivity index is 1.53. The van der Waals surface area contributed by atoms with E-state index in [0.717, 1.165) is 6.07 Å². The molecule has 0 atom stereocenters. The molecule has 2 aromatic carbocycles. The number of halogens is 3. The highest BCUT2D eigenvalue weighted by molar-refractivity contribution is 5.98. The number of hydrogen-bond acceptors (Lipinski definition) is 3. The van der Waals surface area contributed by atoms with Crippen molar-refractivity contribution in [3.05, 3.63) is 65.7 Å². The number of nitrogens with one attached hydrogen (secondary N) is 1. The third kappa shape index (κ3) is 4.98. The average molecular weight is 390 g/mol. The van der Waals surface area contributed by atoms with Gasteiger partial charge in [-0.2, -0.15) is 13.2 Å². The molecule has 1 aliphatic rings. The van der Waals surface area contributed by atoms with Gasteiger partial charge in [0.1, 0.15) is 0 Å². The molecule has 4 nitrogen and oxygen atoms in total. The van der Waals surface area contributed by atoms with E-state index in [1.165, 1.54) is 18.2 Å². The van der Waals surface area contributed by atoms with E-state index in [4.69, 9.17) is 0 Å². The molecule has 28 heavy (non-hydrogen) atoms. The second-order valence-electron chi connectivity index (χ2n) is 6.87. The first-order valence-electron chi connectivity index (χ1n) is 9.12. The summed E-state index contributed by atoms with van der Waals surface area (Å²) in [6.45, 7) is 1.10. The smallest absolute Gasteiger partial charge is 0.324 e. The van der Waals surface area contributed by atoms with Gasteiger partial charge in [0.2, 0.25) is 5.91 Å². The van der Waals surface area contributed by atoms with Crippen LogP contribution in [-0.4, -0.2) is 36.2 Å². The van der Waals surface area contributed by atoms with Crippen LogP contribution < -0.4 is 5.32 Å². The van der Waals surface area contributed by atoms with Gasteiger partial charge in [-0.05, 0) is 38.1 Å². The van der Waals surface area contributed by atoms with Crippen molar-refractivity contribution in [3.63, 3.8) is 0 Å². The normalized spacial score (nSPS) is 16.0. The van der Waals surface area contributed by atoms with E-state index in [9.17, 15) is 22.8 Å². The fourth-order valence-corrected chi connectivity index (χ4v) is 3.42. The number of Topliss-reactive ketones (excluding diaryl/α,β-unsaturated/α-hetero) is 1. The van der Waals surface area contributed by atoms with Crippen LogP contribution in [-0.2, 0) is 11.0 Å². The van der Waals surface area contributed by atoms with Gasteiger partial charge in [0.05, 0.1) is 17.8 Å². The maximum absolute atomic E-state index is 13.0. The first-order valence-corrected chi connectivity index (χ1v) is 9.12. The van der Waals surface area contributed by atoms with Crippen LogP contribution in [0.2, 0.25) is 0 Å². The van der Waals surface area contributed by atoms with Crippen LogP contribution in [0, 0.1) is 5.92 Å². The van der Waals surface area contributed by atoms with Crippen LogP contribution >= 0.6 is 0 Å². The van der Waals surface area contributed by atoms with Gasteiger partial charge in [0.25, 0.3) is 0 Å². The Bertz CT molecular complexity index is 829. The Kier molecular flexibility index (Phi) is 6.14. The number of piperidine rings is 1. The number of alkyl halides is 3. The van der Waals surface area contributed by atoms with Crippen molar-refractivity contribution in [1.82, 2.24) is 4.90 Å². The molecular formula is C21H21F3N2O2. The van der Waals surface area contributed by atoms with Crippen molar-refractivity contribution in [3.8, 4) is 0 Å². The molecule has 2 aromatic rings. The maximum atomic E-state index is 13.0. The van der Waals surface area contributed by atoms with E-state index >= 15 is 0 Å². The molecule has 1 fully saturated rings. The predicted molar refractivity (Wildman–Crippen MR) is 100 cm³/mol. The van der Waals surface area contributed by atoms with E-state index < -0.39 is 17.6 Å². The summed E-state index contributed by atoms with van der Waals surface area (Å²) in [5.74, 6) is -0.485. The van der Waals surface area contributed by atoms with Gasteiger partial charge >= 0.3 is 6.18 Å². The van der Waals surface area contributed by atoms with Crippen molar-refractivity contribution >= 4 is 17.4 Å². The maximum Gasteiger partial charge on any atom is 0.418 e. The van der Waals surface area contributed by atoms with Gasteiger partial charge in [0, 0.05) is 11.5 Å². The zero-order chi connectivity index (χ0) is 20.1. The van der Waals surface area contributed by atoms with E-state index in [0.29, 0.717) is 31.5 Å². The van der Waals surface area contributed by atoms with E-state index in [2.05, 4.69) is 5.32 Å². The number of likely N-dealkylation sites (tertiary alicyclic amines) is 1. The quantitative estimate of drug-likeness (QED) is 0.777. The lowest BCUT2D eigenvalue weighted by Crippen LogP contribution is -2.40. The van der Waals surface area contributed by atoms with Gasteiger partial charge in [-0.25, -0.2) is 0 Å². The second-order valence-corrected chi connectivity index (χ2v) is 6.87. The number of amides is 1. The predicted octanol–water partition coefficient (Wildman–Crippen LogP) is 4.24. The minimum absolute atomic E-state index is 0.00155. The minimum atomic E-state index is -4.53. The molecule has 1 aliphatic heterocycles. The molecule has 0 saturated carbocycles.